The van der Waals surface area contributed by atoms with E-state index < -0.39 is 5.60 Å². The number of aryl methyl sites for hydroxylation is 1. The summed E-state index contributed by atoms with van der Waals surface area (Å²) >= 11 is 0. The molecule has 0 spiro atoms. The van der Waals surface area contributed by atoms with Crippen molar-refractivity contribution in [1.29, 1.82) is 0 Å². The molecular weight excluding hydrogens is 284 g/mol. The molecule has 3 unspecified atom stereocenters. The van der Waals surface area contributed by atoms with Crippen molar-refractivity contribution < 1.29 is 19.1 Å². The third-order valence-corrected chi connectivity index (χ3v) is 4.02. The Morgan fingerprint density at radius 1 is 1.50 bits per heavy atom. The maximum Gasteiger partial charge on any atom is 0.315 e. The molecule has 1 aromatic heterocycles. The third kappa shape index (κ3) is 5.35. The van der Waals surface area contributed by atoms with Gasteiger partial charge in [0.25, 0.3) is 0 Å². The van der Waals surface area contributed by atoms with Crippen LogP contribution >= 0.6 is 0 Å². The van der Waals surface area contributed by atoms with Crippen molar-refractivity contribution in [1.82, 2.24) is 10.6 Å². The van der Waals surface area contributed by atoms with Gasteiger partial charge in [0.1, 0.15) is 17.6 Å². The molecule has 0 aliphatic carbocycles. The van der Waals surface area contributed by atoms with E-state index in [1.807, 2.05) is 32.9 Å². The third-order valence-electron chi connectivity index (χ3n) is 4.02. The van der Waals surface area contributed by atoms with Crippen molar-refractivity contribution in [2.75, 3.05) is 20.3 Å². The lowest BCUT2D eigenvalue weighted by molar-refractivity contribution is 0.00773. The Balaban J connectivity index is 2.57. The first-order valence-corrected chi connectivity index (χ1v) is 7.62. The van der Waals surface area contributed by atoms with Crippen LogP contribution in [0.1, 0.15) is 44.8 Å². The molecule has 126 valence electrons. The Bertz CT molecular complexity index is 470. The molecule has 0 fully saturated rings. The highest BCUT2D eigenvalue weighted by atomic mass is 16.5. The van der Waals surface area contributed by atoms with Crippen LogP contribution < -0.4 is 10.6 Å². The average Bonchev–Trinajstić information content (AvgIpc) is 2.90. The minimum atomic E-state index is -0.940. The molecule has 1 heterocycles. The molecule has 2 amide bonds. The summed E-state index contributed by atoms with van der Waals surface area (Å²) in [6.45, 7) is 8.03. The summed E-state index contributed by atoms with van der Waals surface area (Å²) in [4.78, 5) is 12.0. The van der Waals surface area contributed by atoms with Crippen molar-refractivity contribution in [2.24, 2.45) is 5.92 Å². The zero-order chi connectivity index (χ0) is 16.8. The molecule has 0 aliphatic heterocycles. The van der Waals surface area contributed by atoms with Gasteiger partial charge in [-0.25, -0.2) is 4.79 Å². The Labute approximate surface area is 132 Å². The Morgan fingerprint density at radius 3 is 2.68 bits per heavy atom. The molecule has 0 aliphatic rings. The summed E-state index contributed by atoms with van der Waals surface area (Å²) < 4.78 is 10.6. The predicted molar refractivity (Wildman–Crippen MR) is 84.7 cm³/mol. The fourth-order valence-electron chi connectivity index (χ4n) is 2.08. The lowest BCUT2D eigenvalue weighted by atomic mass is 9.89. The van der Waals surface area contributed by atoms with Gasteiger partial charge in [0.2, 0.25) is 0 Å². The summed E-state index contributed by atoms with van der Waals surface area (Å²) in [6, 6.07) is 2.92. The first kappa shape index (κ1) is 18.5. The number of carbonyl (C=O) groups is 1. The summed E-state index contributed by atoms with van der Waals surface area (Å²) in [5, 5.41) is 15.8. The number of ether oxygens (including phenoxy) is 1. The van der Waals surface area contributed by atoms with Crippen LogP contribution in [0.15, 0.2) is 16.5 Å². The molecule has 6 heteroatoms. The molecule has 3 N–H and O–H groups in total. The highest BCUT2D eigenvalue weighted by Gasteiger charge is 2.28. The number of urea groups is 1. The van der Waals surface area contributed by atoms with Gasteiger partial charge in [0.05, 0.1) is 12.2 Å². The van der Waals surface area contributed by atoms with Crippen molar-refractivity contribution in [3.63, 3.8) is 0 Å². The van der Waals surface area contributed by atoms with E-state index in [4.69, 9.17) is 9.15 Å². The number of carbonyl (C=O) groups excluding carboxylic acids is 1. The lowest BCUT2D eigenvalue weighted by Crippen LogP contribution is -2.48. The van der Waals surface area contributed by atoms with E-state index in [-0.39, 0.29) is 24.5 Å². The van der Waals surface area contributed by atoms with E-state index in [9.17, 15) is 9.90 Å². The van der Waals surface area contributed by atoms with Crippen LogP contribution in [0.5, 0.6) is 0 Å². The summed E-state index contributed by atoms with van der Waals surface area (Å²) in [5.74, 6) is 1.51. The number of hydrogen-bond acceptors (Lipinski definition) is 4. The Morgan fingerprint density at radius 2 is 2.18 bits per heavy atom. The molecule has 0 bridgehead atoms. The van der Waals surface area contributed by atoms with Crippen molar-refractivity contribution in [2.45, 2.75) is 45.8 Å². The van der Waals surface area contributed by atoms with Gasteiger partial charge in [0.15, 0.2) is 0 Å². The number of rotatable bonds is 8. The smallest absolute Gasteiger partial charge is 0.315 e. The first-order chi connectivity index (χ1) is 10.3. The average molecular weight is 312 g/mol. The Hall–Kier alpha value is -1.53. The lowest BCUT2D eigenvalue weighted by Gasteiger charge is -2.30. The maximum atomic E-state index is 12.0. The monoisotopic (exact) mass is 312 g/mol. The zero-order valence-electron chi connectivity index (χ0n) is 14.1. The van der Waals surface area contributed by atoms with Crippen molar-refractivity contribution >= 4 is 6.03 Å². The van der Waals surface area contributed by atoms with E-state index in [0.29, 0.717) is 12.4 Å². The number of hydrogen-bond donors (Lipinski definition) is 3. The number of methoxy groups -OCH3 is 1. The van der Waals surface area contributed by atoms with Crippen LogP contribution in [-0.2, 0) is 4.74 Å². The van der Waals surface area contributed by atoms with Crippen LogP contribution in [0.2, 0.25) is 0 Å². The number of nitrogens with one attached hydrogen (secondary N) is 2. The van der Waals surface area contributed by atoms with Gasteiger partial charge in [-0.05, 0) is 31.9 Å². The second kappa shape index (κ2) is 8.19. The number of aliphatic hydroxyl groups is 1. The van der Waals surface area contributed by atoms with Gasteiger partial charge in [-0.1, -0.05) is 20.3 Å². The standard InChI is InChI=1S/C16H28N2O4/c1-6-11(2)16(4,20)10-17-15(19)18-13(9-21-5)14-8-7-12(3)22-14/h7-8,11,13,20H,6,9-10H2,1-5H3,(H2,17,18,19). The van der Waals surface area contributed by atoms with Gasteiger partial charge < -0.3 is 24.9 Å². The van der Waals surface area contributed by atoms with E-state index in [2.05, 4.69) is 10.6 Å². The molecule has 0 radical (unpaired) electrons. The topological polar surface area (TPSA) is 83.7 Å². The maximum absolute atomic E-state index is 12.0. The summed E-state index contributed by atoms with van der Waals surface area (Å²) in [5.41, 5.74) is -0.940. The minimum Gasteiger partial charge on any atom is -0.464 e. The fraction of sp³-hybridized carbons (Fsp3) is 0.688. The van der Waals surface area contributed by atoms with Crippen LogP contribution in [-0.4, -0.2) is 37.0 Å². The van der Waals surface area contributed by atoms with E-state index in [0.717, 1.165) is 12.2 Å². The second-order valence-corrected chi connectivity index (χ2v) is 5.95. The Kier molecular flexibility index (Phi) is 6.90. The minimum absolute atomic E-state index is 0.0929. The molecule has 1 aromatic rings. The zero-order valence-corrected chi connectivity index (χ0v) is 14.1. The predicted octanol–water partition coefficient (Wildman–Crippen LogP) is 2.37. The normalized spacial score (nSPS) is 16.6. The van der Waals surface area contributed by atoms with E-state index in [1.165, 1.54) is 0 Å². The van der Waals surface area contributed by atoms with Gasteiger partial charge in [-0.15, -0.1) is 0 Å². The highest BCUT2D eigenvalue weighted by molar-refractivity contribution is 5.74. The molecule has 6 nitrogen and oxygen atoms in total. The number of amides is 2. The highest BCUT2D eigenvalue weighted by Crippen LogP contribution is 2.19. The van der Waals surface area contributed by atoms with Gasteiger partial charge in [0, 0.05) is 13.7 Å². The largest absolute Gasteiger partial charge is 0.464 e. The van der Waals surface area contributed by atoms with Gasteiger partial charge in [-0.2, -0.15) is 0 Å². The SMILES string of the molecule is CCC(C)C(C)(O)CNC(=O)NC(COC)c1ccc(C)o1. The van der Waals surface area contributed by atoms with Crippen LogP contribution in [0.25, 0.3) is 0 Å². The molecule has 1 rings (SSSR count). The van der Waals surface area contributed by atoms with Crippen molar-refractivity contribution in [3.05, 3.63) is 23.7 Å². The van der Waals surface area contributed by atoms with Crippen LogP contribution in [0.3, 0.4) is 0 Å². The van der Waals surface area contributed by atoms with Gasteiger partial charge >= 0.3 is 6.03 Å². The first-order valence-electron chi connectivity index (χ1n) is 7.62. The van der Waals surface area contributed by atoms with E-state index >= 15 is 0 Å². The second-order valence-electron chi connectivity index (χ2n) is 5.95. The quantitative estimate of drug-likeness (QED) is 0.688. The molecule has 0 aromatic carbocycles. The molecule has 0 saturated carbocycles. The van der Waals surface area contributed by atoms with Crippen molar-refractivity contribution in [3.8, 4) is 0 Å². The summed E-state index contributed by atoms with van der Waals surface area (Å²) in [6.07, 6.45) is 0.842. The fourth-order valence-corrected chi connectivity index (χ4v) is 2.08. The molecule has 0 saturated heterocycles. The van der Waals surface area contributed by atoms with Gasteiger partial charge in [-0.3, -0.25) is 0 Å². The number of furan rings is 1. The van der Waals surface area contributed by atoms with Crippen LogP contribution in [0, 0.1) is 12.8 Å². The molecular formula is C16H28N2O4. The summed E-state index contributed by atoms with van der Waals surface area (Å²) in [7, 11) is 1.57. The molecule has 22 heavy (non-hydrogen) atoms. The van der Waals surface area contributed by atoms with E-state index in [1.54, 1.807) is 14.0 Å². The van der Waals surface area contributed by atoms with Crippen LogP contribution in [0.4, 0.5) is 4.79 Å². The molecule has 3 atom stereocenters.